The maximum atomic E-state index is 12.0. The van der Waals surface area contributed by atoms with Crippen molar-refractivity contribution in [1.82, 2.24) is 5.01 Å². The molecule has 0 saturated heterocycles. The number of nitrogens with zero attached hydrogens (tertiary/aromatic N) is 3. The van der Waals surface area contributed by atoms with Gasteiger partial charge in [-0.1, -0.05) is 22.5 Å². The van der Waals surface area contributed by atoms with Crippen molar-refractivity contribution in [3.8, 4) is 0 Å². The molecule has 27 heavy (non-hydrogen) atoms. The average Bonchev–Trinajstić information content (AvgIpc) is 3.28. The number of nitrogens with one attached hydrogen (secondary N) is 2. The summed E-state index contributed by atoms with van der Waals surface area (Å²) in [6.07, 6.45) is 1.12. The molecular weight excluding hydrogens is 362 g/mol. The monoisotopic (exact) mass is 385 g/mol. The Morgan fingerprint density at radius 3 is 2.96 bits per heavy atom. The molecule has 2 amide bonds. The van der Waals surface area contributed by atoms with Crippen molar-refractivity contribution in [2.45, 2.75) is 32.8 Å². The van der Waals surface area contributed by atoms with Gasteiger partial charge in [-0.25, -0.2) is 4.79 Å². The van der Waals surface area contributed by atoms with Gasteiger partial charge in [0.25, 0.3) is 0 Å². The molecule has 142 valence electrons. The van der Waals surface area contributed by atoms with Crippen LogP contribution in [0.4, 0.5) is 10.5 Å². The quantitative estimate of drug-likeness (QED) is 0.391. The number of anilines is 1. The first-order chi connectivity index (χ1) is 13.0. The van der Waals surface area contributed by atoms with Crippen LogP contribution in [0.25, 0.3) is 0 Å². The predicted molar refractivity (Wildman–Crippen MR) is 106 cm³/mol. The highest BCUT2D eigenvalue weighted by atomic mass is 32.1. The number of thiophene rings is 1. The van der Waals surface area contributed by atoms with Gasteiger partial charge in [-0.3, -0.25) is 0 Å². The van der Waals surface area contributed by atoms with Gasteiger partial charge < -0.3 is 10.2 Å². The zero-order chi connectivity index (χ0) is 19.4. The topological polar surface area (TPSA) is 90.1 Å². The van der Waals surface area contributed by atoms with Crippen molar-refractivity contribution in [2.75, 3.05) is 12.4 Å². The number of hydrogen-bond acceptors (Lipinski definition) is 6. The lowest BCUT2D eigenvalue weighted by molar-refractivity contribution is 0.129. The molecular formula is C19H23N5O2S. The summed E-state index contributed by atoms with van der Waals surface area (Å²) in [6.45, 7) is 4.22. The van der Waals surface area contributed by atoms with Crippen LogP contribution < -0.4 is 5.32 Å². The maximum absolute atomic E-state index is 12.0. The maximum Gasteiger partial charge on any atom is 0.343 e. The molecule has 2 aromatic rings. The minimum atomic E-state index is -0.479. The van der Waals surface area contributed by atoms with E-state index in [0.29, 0.717) is 17.5 Å². The Balaban J connectivity index is 1.62. The Morgan fingerprint density at radius 1 is 1.44 bits per heavy atom. The standard InChI is InChI=1S/C19H23N5O2S/c1-12-5-4-6-18(21-19(25)24(3)23-20)17(12)10-26-22-13(2)15-9-16(15)14-7-8-27-11-14/h4-8,11,15-16,20H,9-10H2,1-3H3,(H,21,25)/b22-13-,23-20?. The Bertz CT molecular complexity index is 850. The third kappa shape index (κ3) is 4.51. The van der Waals surface area contributed by atoms with E-state index in [1.165, 1.54) is 12.6 Å². The molecule has 2 N–H and O–H groups in total. The highest BCUT2D eigenvalue weighted by Gasteiger charge is 2.41. The smallest absolute Gasteiger partial charge is 0.343 e. The first-order valence-electron chi connectivity index (χ1n) is 8.70. The summed E-state index contributed by atoms with van der Waals surface area (Å²) < 4.78 is 0. The Morgan fingerprint density at radius 2 is 2.26 bits per heavy atom. The van der Waals surface area contributed by atoms with Gasteiger partial charge >= 0.3 is 6.03 Å². The number of benzene rings is 1. The molecule has 1 aliphatic rings. The molecule has 0 radical (unpaired) electrons. The second-order valence-corrected chi connectivity index (χ2v) is 7.45. The summed E-state index contributed by atoms with van der Waals surface area (Å²) in [5.74, 6) is 1.00. The van der Waals surface area contributed by atoms with Crippen molar-refractivity contribution in [3.05, 3.63) is 51.7 Å². The van der Waals surface area contributed by atoms with Crippen LogP contribution in [-0.4, -0.2) is 23.8 Å². The zero-order valence-electron chi connectivity index (χ0n) is 15.6. The molecule has 1 aromatic carbocycles. The average molecular weight is 385 g/mol. The van der Waals surface area contributed by atoms with E-state index in [4.69, 9.17) is 10.4 Å². The highest BCUT2D eigenvalue weighted by molar-refractivity contribution is 7.08. The van der Waals surface area contributed by atoms with E-state index in [-0.39, 0.29) is 6.61 Å². The first-order valence-corrected chi connectivity index (χ1v) is 9.64. The van der Waals surface area contributed by atoms with Crippen LogP contribution in [-0.2, 0) is 11.4 Å². The summed E-state index contributed by atoms with van der Waals surface area (Å²) in [5, 5.41) is 15.4. The van der Waals surface area contributed by atoms with Gasteiger partial charge in [0.05, 0.1) is 5.71 Å². The number of urea groups is 1. The molecule has 0 bridgehead atoms. The predicted octanol–water partition coefficient (Wildman–Crippen LogP) is 5.16. The zero-order valence-corrected chi connectivity index (χ0v) is 16.4. The summed E-state index contributed by atoms with van der Waals surface area (Å²) in [7, 11) is 1.42. The van der Waals surface area contributed by atoms with Gasteiger partial charge in [0.15, 0.2) is 0 Å². The molecule has 1 fully saturated rings. The third-order valence-corrected chi connectivity index (χ3v) is 5.51. The van der Waals surface area contributed by atoms with Gasteiger partial charge in [0.1, 0.15) is 6.61 Å². The molecule has 1 aliphatic carbocycles. The summed E-state index contributed by atoms with van der Waals surface area (Å²) in [4.78, 5) is 17.6. The lowest BCUT2D eigenvalue weighted by atomic mass is 10.1. The summed E-state index contributed by atoms with van der Waals surface area (Å²) in [5.41, 5.74) is 11.8. The van der Waals surface area contributed by atoms with E-state index in [2.05, 4.69) is 32.5 Å². The molecule has 2 atom stereocenters. The van der Waals surface area contributed by atoms with Crippen LogP contribution >= 0.6 is 11.3 Å². The minimum absolute atomic E-state index is 0.261. The molecule has 1 aromatic heterocycles. The summed E-state index contributed by atoms with van der Waals surface area (Å²) >= 11 is 1.72. The minimum Gasteiger partial charge on any atom is -0.391 e. The first kappa shape index (κ1) is 19.0. The normalized spacial score (nSPS) is 18.7. The van der Waals surface area contributed by atoms with Crippen LogP contribution in [0.3, 0.4) is 0 Å². The van der Waals surface area contributed by atoms with Crippen molar-refractivity contribution >= 4 is 28.8 Å². The largest absolute Gasteiger partial charge is 0.391 e. The van der Waals surface area contributed by atoms with Gasteiger partial charge in [-0.05, 0) is 60.2 Å². The number of aryl methyl sites for hydroxylation is 1. The number of amides is 2. The van der Waals surface area contributed by atoms with Crippen molar-refractivity contribution in [2.24, 2.45) is 16.3 Å². The SMILES string of the molecule is C/C(=N/OCc1c(C)cccc1NC(=O)N(C)N=N)C1CC1c1ccsc1. The second kappa shape index (κ2) is 8.30. The van der Waals surface area contributed by atoms with Crippen LogP contribution in [0.5, 0.6) is 0 Å². The lowest BCUT2D eigenvalue weighted by Crippen LogP contribution is -2.26. The molecule has 8 heteroatoms. The number of hydrogen-bond donors (Lipinski definition) is 2. The molecule has 0 aliphatic heterocycles. The molecule has 2 unspecified atom stereocenters. The van der Waals surface area contributed by atoms with Crippen molar-refractivity contribution < 1.29 is 9.63 Å². The van der Waals surface area contributed by atoms with E-state index < -0.39 is 6.03 Å². The fourth-order valence-electron chi connectivity index (χ4n) is 3.03. The van der Waals surface area contributed by atoms with Crippen molar-refractivity contribution in [1.29, 1.82) is 5.53 Å². The molecule has 1 heterocycles. The Hall–Kier alpha value is -2.74. The van der Waals surface area contributed by atoms with Gasteiger partial charge in [-0.15, -0.1) is 0 Å². The lowest BCUT2D eigenvalue weighted by Gasteiger charge is -2.15. The van der Waals surface area contributed by atoms with Crippen LogP contribution in [0.1, 0.15) is 36.0 Å². The van der Waals surface area contributed by atoms with Gasteiger partial charge in [0, 0.05) is 24.2 Å². The summed E-state index contributed by atoms with van der Waals surface area (Å²) in [6, 6.07) is 7.30. The number of carbonyl (C=O) groups excluding carboxylic acids is 1. The fourth-order valence-corrected chi connectivity index (χ4v) is 3.75. The van der Waals surface area contributed by atoms with Crippen LogP contribution in [0.2, 0.25) is 0 Å². The number of carbonyl (C=O) groups is 1. The van der Waals surface area contributed by atoms with E-state index in [1.54, 1.807) is 17.4 Å². The number of rotatable bonds is 7. The molecule has 3 rings (SSSR count). The van der Waals surface area contributed by atoms with E-state index in [0.717, 1.165) is 28.3 Å². The fraction of sp³-hybridized carbons (Fsp3) is 0.368. The third-order valence-electron chi connectivity index (χ3n) is 4.81. The van der Waals surface area contributed by atoms with Crippen LogP contribution in [0, 0.1) is 18.4 Å². The molecule has 7 nitrogen and oxygen atoms in total. The second-order valence-electron chi connectivity index (χ2n) is 6.67. The highest BCUT2D eigenvalue weighted by Crippen LogP contribution is 2.48. The van der Waals surface area contributed by atoms with E-state index in [1.807, 2.05) is 26.0 Å². The number of oxime groups is 1. The van der Waals surface area contributed by atoms with E-state index >= 15 is 0 Å². The Labute approximate surface area is 162 Å². The van der Waals surface area contributed by atoms with Crippen molar-refractivity contribution in [3.63, 3.8) is 0 Å². The Kier molecular flexibility index (Phi) is 5.85. The van der Waals surface area contributed by atoms with Crippen LogP contribution in [0.15, 0.2) is 45.4 Å². The molecule has 0 spiro atoms. The van der Waals surface area contributed by atoms with Gasteiger partial charge in [0.2, 0.25) is 0 Å². The van der Waals surface area contributed by atoms with Gasteiger partial charge in [-0.2, -0.15) is 21.9 Å². The molecule has 1 saturated carbocycles. The van der Waals surface area contributed by atoms with E-state index in [9.17, 15) is 4.79 Å².